The maximum Gasteiger partial charge on any atom is 0.283 e. The summed E-state index contributed by atoms with van der Waals surface area (Å²) in [4.78, 5) is 12.3. The van der Waals surface area contributed by atoms with Crippen LogP contribution >= 0.6 is 11.6 Å². The zero-order chi connectivity index (χ0) is 17.7. The van der Waals surface area contributed by atoms with Gasteiger partial charge in [-0.05, 0) is 52.0 Å². The van der Waals surface area contributed by atoms with Gasteiger partial charge in [0.2, 0.25) is 0 Å². The minimum absolute atomic E-state index is 0.353. The van der Waals surface area contributed by atoms with E-state index in [2.05, 4.69) is 15.6 Å². The molecule has 0 saturated heterocycles. The third-order valence-corrected chi connectivity index (χ3v) is 3.66. The first kappa shape index (κ1) is 18.0. The lowest BCUT2D eigenvalue weighted by atomic mass is 10.1. The number of hydrogen-bond acceptors (Lipinski definition) is 4. The fraction of sp³-hybridized carbons (Fsp3) is 0.353. The lowest BCUT2D eigenvalue weighted by molar-refractivity contribution is -0.134. The molecule has 1 heterocycles. The second kappa shape index (κ2) is 7.49. The van der Waals surface area contributed by atoms with Crippen LogP contribution < -0.4 is 10.2 Å². The Bertz CT molecular complexity index is 736. The first-order chi connectivity index (χ1) is 11.3. The number of rotatable bonds is 6. The number of benzene rings is 1. The van der Waals surface area contributed by atoms with E-state index < -0.39 is 5.60 Å². The first-order valence-electron chi connectivity index (χ1n) is 7.64. The van der Waals surface area contributed by atoms with Gasteiger partial charge in [-0.1, -0.05) is 11.6 Å². The van der Waals surface area contributed by atoms with Gasteiger partial charge in [0.1, 0.15) is 5.75 Å². The molecule has 128 valence electrons. The summed E-state index contributed by atoms with van der Waals surface area (Å²) in [5.74, 6) is 0.206. The lowest BCUT2D eigenvalue weighted by Gasteiger charge is -2.24. The zero-order valence-electron chi connectivity index (χ0n) is 14.2. The number of carbonyl (C=O) groups excluding carboxylic acids is 1. The van der Waals surface area contributed by atoms with Crippen molar-refractivity contribution >= 4 is 23.7 Å². The number of carbonyl (C=O) groups is 1. The number of hydrazone groups is 1. The van der Waals surface area contributed by atoms with E-state index in [0.29, 0.717) is 10.8 Å². The molecule has 6 nitrogen and oxygen atoms in total. The van der Waals surface area contributed by atoms with Gasteiger partial charge in [0.25, 0.3) is 5.91 Å². The Hall–Kier alpha value is -2.34. The van der Waals surface area contributed by atoms with Crippen molar-refractivity contribution in [2.75, 3.05) is 0 Å². The highest BCUT2D eigenvalue weighted by atomic mass is 35.5. The number of aromatic nitrogens is 2. The standard InChI is InChI=1S/C17H21ClN4O2/c1-5-22-11-13(12(2)21-22)10-19-20-16(23)17(3,4)24-15-8-6-14(18)7-9-15/h6-11H,5H2,1-4H3,(H,20,23). The van der Waals surface area contributed by atoms with Crippen molar-refractivity contribution in [3.05, 3.63) is 46.7 Å². The van der Waals surface area contributed by atoms with Gasteiger partial charge >= 0.3 is 0 Å². The quantitative estimate of drug-likeness (QED) is 0.644. The topological polar surface area (TPSA) is 68.5 Å². The molecule has 0 aliphatic heterocycles. The number of amides is 1. The maximum atomic E-state index is 12.3. The Morgan fingerprint density at radius 1 is 1.42 bits per heavy atom. The Kier molecular flexibility index (Phi) is 5.62. The molecule has 0 aliphatic carbocycles. The summed E-state index contributed by atoms with van der Waals surface area (Å²) in [5, 5.41) is 8.92. The molecule has 24 heavy (non-hydrogen) atoms. The second-order valence-electron chi connectivity index (χ2n) is 5.79. The monoisotopic (exact) mass is 348 g/mol. The predicted molar refractivity (Wildman–Crippen MR) is 94.5 cm³/mol. The normalized spacial score (nSPS) is 11.7. The third kappa shape index (κ3) is 4.58. The number of ether oxygens (including phenoxy) is 1. The van der Waals surface area contributed by atoms with Crippen molar-refractivity contribution in [3.63, 3.8) is 0 Å². The smallest absolute Gasteiger partial charge is 0.283 e. The number of halogens is 1. The van der Waals surface area contributed by atoms with Crippen LogP contribution in [-0.4, -0.2) is 27.5 Å². The summed E-state index contributed by atoms with van der Waals surface area (Å²) < 4.78 is 7.52. The SMILES string of the molecule is CCn1cc(C=NNC(=O)C(C)(C)Oc2ccc(Cl)cc2)c(C)n1. The summed E-state index contributed by atoms with van der Waals surface area (Å²) >= 11 is 5.84. The third-order valence-electron chi connectivity index (χ3n) is 3.41. The van der Waals surface area contributed by atoms with Crippen LogP contribution in [0.3, 0.4) is 0 Å². The fourth-order valence-corrected chi connectivity index (χ4v) is 2.09. The molecular weight excluding hydrogens is 328 g/mol. The number of aryl methyl sites for hydroxylation is 2. The van der Waals surface area contributed by atoms with Gasteiger partial charge in [-0.2, -0.15) is 10.2 Å². The second-order valence-corrected chi connectivity index (χ2v) is 6.23. The molecule has 0 unspecified atom stereocenters. The van der Waals surface area contributed by atoms with Crippen LogP contribution in [0.4, 0.5) is 0 Å². The molecule has 0 atom stereocenters. The average Bonchev–Trinajstić information content (AvgIpc) is 2.89. The minimum atomic E-state index is -1.08. The van der Waals surface area contributed by atoms with Gasteiger partial charge < -0.3 is 4.74 Å². The van der Waals surface area contributed by atoms with Crippen LogP contribution in [-0.2, 0) is 11.3 Å². The van der Waals surface area contributed by atoms with E-state index in [0.717, 1.165) is 17.8 Å². The Morgan fingerprint density at radius 3 is 2.67 bits per heavy atom. The highest BCUT2D eigenvalue weighted by Gasteiger charge is 2.29. The highest BCUT2D eigenvalue weighted by Crippen LogP contribution is 2.21. The van der Waals surface area contributed by atoms with Gasteiger partial charge in [0, 0.05) is 23.3 Å². The van der Waals surface area contributed by atoms with Crippen LogP contribution in [0.5, 0.6) is 5.75 Å². The fourth-order valence-electron chi connectivity index (χ4n) is 1.96. The number of hydrogen-bond donors (Lipinski definition) is 1. The first-order valence-corrected chi connectivity index (χ1v) is 8.01. The lowest BCUT2D eigenvalue weighted by Crippen LogP contribution is -2.44. The van der Waals surface area contributed by atoms with E-state index >= 15 is 0 Å². The van der Waals surface area contributed by atoms with E-state index in [1.54, 1.807) is 44.3 Å². The average molecular weight is 349 g/mol. The van der Waals surface area contributed by atoms with E-state index in [1.807, 2.05) is 24.7 Å². The maximum absolute atomic E-state index is 12.3. The Morgan fingerprint density at radius 2 is 2.08 bits per heavy atom. The Labute approximate surface area is 146 Å². The van der Waals surface area contributed by atoms with Crippen molar-refractivity contribution in [1.82, 2.24) is 15.2 Å². The van der Waals surface area contributed by atoms with Gasteiger partial charge in [0.15, 0.2) is 5.60 Å². The summed E-state index contributed by atoms with van der Waals surface area (Å²) in [6.45, 7) is 8.03. The Balaban J connectivity index is 1.98. The van der Waals surface area contributed by atoms with Crippen molar-refractivity contribution in [2.24, 2.45) is 5.10 Å². The van der Waals surface area contributed by atoms with E-state index in [4.69, 9.17) is 16.3 Å². The van der Waals surface area contributed by atoms with E-state index in [1.165, 1.54) is 0 Å². The van der Waals surface area contributed by atoms with Crippen molar-refractivity contribution in [3.8, 4) is 5.75 Å². The molecule has 1 N–H and O–H groups in total. The summed E-state index contributed by atoms with van der Waals surface area (Å²) in [7, 11) is 0. The van der Waals surface area contributed by atoms with Crippen molar-refractivity contribution in [2.45, 2.75) is 39.8 Å². The molecule has 1 aromatic heterocycles. The van der Waals surface area contributed by atoms with E-state index in [-0.39, 0.29) is 5.91 Å². The molecule has 0 radical (unpaired) electrons. The predicted octanol–water partition coefficient (Wildman–Crippen LogP) is 3.17. The molecular formula is C17H21ClN4O2. The zero-order valence-corrected chi connectivity index (χ0v) is 15.0. The van der Waals surface area contributed by atoms with Crippen LogP contribution in [0.25, 0.3) is 0 Å². The minimum Gasteiger partial charge on any atom is -0.478 e. The summed E-state index contributed by atoms with van der Waals surface area (Å²) in [6, 6.07) is 6.83. The molecule has 0 bridgehead atoms. The highest BCUT2D eigenvalue weighted by molar-refractivity contribution is 6.30. The van der Waals surface area contributed by atoms with Crippen molar-refractivity contribution in [1.29, 1.82) is 0 Å². The molecule has 2 aromatic rings. The molecule has 1 amide bonds. The molecule has 0 aliphatic rings. The van der Waals surface area contributed by atoms with Gasteiger partial charge in [0.05, 0.1) is 11.9 Å². The van der Waals surface area contributed by atoms with Crippen molar-refractivity contribution < 1.29 is 9.53 Å². The van der Waals surface area contributed by atoms with E-state index in [9.17, 15) is 4.79 Å². The molecule has 0 fully saturated rings. The van der Waals surface area contributed by atoms with Crippen LogP contribution in [0, 0.1) is 6.92 Å². The van der Waals surface area contributed by atoms with Crippen LogP contribution in [0.15, 0.2) is 35.6 Å². The number of nitrogens with one attached hydrogen (secondary N) is 1. The number of nitrogens with zero attached hydrogens (tertiary/aromatic N) is 3. The largest absolute Gasteiger partial charge is 0.478 e. The molecule has 2 rings (SSSR count). The van der Waals surface area contributed by atoms with Crippen LogP contribution in [0.2, 0.25) is 5.02 Å². The summed E-state index contributed by atoms with van der Waals surface area (Å²) in [5.41, 5.74) is 3.13. The van der Waals surface area contributed by atoms with Gasteiger partial charge in [-0.25, -0.2) is 5.43 Å². The van der Waals surface area contributed by atoms with Gasteiger partial charge in [-0.15, -0.1) is 0 Å². The van der Waals surface area contributed by atoms with Crippen LogP contribution in [0.1, 0.15) is 32.0 Å². The van der Waals surface area contributed by atoms with Gasteiger partial charge in [-0.3, -0.25) is 9.48 Å². The molecule has 1 aromatic carbocycles. The molecule has 7 heteroatoms. The molecule has 0 saturated carbocycles. The summed E-state index contributed by atoms with van der Waals surface area (Å²) in [6.07, 6.45) is 3.45. The molecule has 0 spiro atoms.